The highest BCUT2D eigenvalue weighted by molar-refractivity contribution is 5.99. The Morgan fingerprint density at radius 2 is 2.17 bits per heavy atom. The number of rotatable bonds is 2. The van der Waals surface area contributed by atoms with E-state index in [0.29, 0.717) is 29.7 Å². The van der Waals surface area contributed by atoms with E-state index < -0.39 is 5.92 Å². The topological polar surface area (TPSA) is 93.9 Å². The van der Waals surface area contributed by atoms with Crippen LogP contribution in [0.3, 0.4) is 0 Å². The summed E-state index contributed by atoms with van der Waals surface area (Å²) in [5, 5.41) is 14.1. The molecule has 3 rings (SSSR count). The average Bonchev–Trinajstić information content (AvgIpc) is 2.80. The number of carbonyl (C=O) groups excluding carboxylic acids is 1. The molecule has 2 N–H and O–H groups in total. The van der Waals surface area contributed by atoms with Gasteiger partial charge >= 0.3 is 0 Å². The molecular weight excluding hydrogens is 292 g/mol. The first-order valence-corrected chi connectivity index (χ1v) is 7.87. The molecule has 0 bridgehead atoms. The quantitative estimate of drug-likeness (QED) is 0.904. The lowest BCUT2D eigenvalue weighted by molar-refractivity contribution is -0.116. The molecule has 0 unspecified atom stereocenters. The molecule has 120 valence electrons. The van der Waals surface area contributed by atoms with E-state index >= 15 is 0 Å². The molecule has 1 atom stereocenters. The molecule has 0 fully saturated rings. The first-order valence-electron chi connectivity index (χ1n) is 7.87. The molecule has 1 aliphatic heterocycles. The van der Waals surface area contributed by atoms with Crippen molar-refractivity contribution in [1.82, 2.24) is 9.78 Å². The van der Waals surface area contributed by atoms with Crippen molar-refractivity contribution in [3.05, 3.63) is 39.7 Å². The zero-order valence-corrected chi connectivity index (χ0v) is 13.6. The zero-order valence-electron chi connectivity index (χ0n) is 13.6. The van der Waals surface area contributed by atoms with Gasteiger partial charge in [0.25, 0.3) is 0 Å². The summed E-state index contributed by atoms with van der Waals surface area (Å²) in [6.45, 7) is 6.62. The van der Waals surface area contributed by atoms with Crippen molar-refractivity contribution >= 4 is 5.78 Å². The van der Waals surface area contributed by atoms with Crippen molar-refractivity contribution < 1.29 is 9.53 Å². The standard InChI is InChI=1S/C17H20N4O2/c1-4-21-10(3)14(9(2)20-21)15-11(8-18)17(19)23-13-7-5-6-12(22)16(13)15/h15H,4-7,19H2,1-3H3/t15-/m1/s1. The first kappa shape index (κ1) is 15.3. The summed E-state index contributed by atoms with van der Waals surface area (Å²) in [5.74, 6) is 0.302. The highest BCUT2D eigenvalue weighted by atomic mass is 16.5. The fourth-order valence-electron chi connectivity index (χ4n) is 3.58. The lowest BCUT2D eigenvalue weighted by atomic mass is 9.77. The van der Waals surface area contributed by atoms with Gasteiger partial charge in [0, 0.05) is 36.2 Å². The second kappa shape index (κ2) is 5.58. The van der Waals surface area contributed by atoms with Crippen molar-refractivity contribution in [2.45, 2.75) is 52.5 Å². The lowest BCUT2D eigenvalue weighted by Gasteiger charge is -2.31. The molecule has 1 aliphatic carbocycles. The van der Waals surface area contributed by atoms with E-state index in [1.54, 1.807) is 0 Å². The van der Waals surface area contributed by atoms with Gasteiger partial charge in [0.2, 0.25) is 5.88 Å². The third kappa shape index (κ3) is 2.24. The third-order valence-electron chi connectivity index (χ3n) is 4.63. The number of hydrogen-bond donors (Lipinski definition) is 1. The van der Waals surface area contributed by atoms with Crippen LogP contribution in [0.5, 0.6) is 0 Å². The maximum atomic E-state index is 12.5. The predicted molar refractivity (Wildman–Crippen MR) is 83.9 cm³/mol. The lowest BCUT2D eigenvalue weighted by Crippen LogP contribution is -2.28. The summed E-state index contributed by atoms with van der Waals surface area (Å²) in [5.41, 5.74) is 9.55. The molecule has 0 spiro atoms. The van der Waals surface area contributed by atoms with Gasteiger partial charge in [-0.2, -0.15) is 10.4 Å². The van der Waals surface area contributed by atoms with E-state index in [1.807, 2.05) is 25.5 Å². The molecule has 2 aliphatic rings. The van der Waals surface area contributed by atoms with E-state index in [1.165, 1.54) is 0 Å². The van der Waals surface area contributed by atoms with Gasteiger partial charge in [-0.3, -0.25) is 9.48 Å². The van der Waals surface area contributed by atoms with Crippen LogP contribution in [0.25, 0.3) is 0 Å². The molecular formula is C17H20N4O2. The highest BCUT2D eigenvalue weighted by Gasteiger charge is 2.40. The second-order valence-electron chi connectivity index (χ2n) is 5.94. The van der Waals surface area contributed by atoms with Crippen molar-refractivity contribution in [3.8, 4) is 6.07 Å². The van der Waals surface area contributed by atoms with Crippen LogP contribution in [0.4, 0.5) is 0 Å². The average molecular weight is 312 g/mol. The van der Waals surface area contributed by atoms with Crippen LogP contribution in [-0.4, -0.2) is 15.6 Å². The van der Waals surface area contributed by atoms with Gasteiger partial charge in [-0.1, -0.05) is 0 Å². The minimum atomic E-state index is -0.461. The molecule has 0 saturated heterocycles. The fourth-order valence-corrected chi connectivity index (χ4v) is 3.58. The number of carbonyl (C=O) groups is 1. The van der Waals surface area contributed by atoms with Crippen LogP contribution >= 0.6 is 0 Å². The number of nitrogens with zero attached hydrogens (tertiary/aromatic N) is 3. The van der Waals surface area contributed by atoms with Crippen LogP contribution < -0.4 is 5.73 Å². The van der Waals surface area contributed by atoms with E-state index in [9.17, 15) is 10.1 Å². The Morgan fingerprint density at radius 3 is 2.78 bits per heavy atom. The Hall–Kier alpha value is -2.55. The zero-order chi connectivity index (χ0) is 16.7. The number of hydrogen-bond acceptors (Lipinski definition) is 5. The van der Waals surface area contributed by atoms with E-state index in [4.69, 9.17) is 10.5 Å². The number of aryl methyl sites for hydroxylation is 2. The molecule has 2 heterocycles. The van der Waals surface area contributed by atoms with E-state index in [0.717, 1.165) is 29.9 Å². The largest absolute Gasteiger partial charge is 0.444 e. The number of ether oxygens (including phenoxy) is 1. The molecule has 1 aromatic rings. The minimum absolute atomic E-state index is 0.0412. The van der Waals surface area contributed by atoms with E-state index in [2.05, 4.69) is 11.2 Å². The van der Waals surface area contributed by atoms with Crippen LogP contribution in [-0.2, 0) is 16.1 Å². The molecule has 6 heteroatoms. The summed E-state index contributed by atoms with van der Waals surface area (Å²) < 4.78 is 7.48. The summed E-state index contributed by atoms with van der Waals surface area (Å²) in [4.78, 5) is 12.5. The molecule has 0 radical (unpaired) electrons. The second-order valence-corrected chi connectivity index (χ2v) is 5.94. The van der Waals surface area contributed by atoms with Crippen molar-refractivity contribution in [1.29, 1.82) is 5.26 Å². The van der Waals surface area contributed by atoms with Gasteiger partial charge in [0.15, 0.2) is 5.78 Å². The summed E-state index contributed by atoms with van der Waals surface area (Å²) in [7, 11) is 0. The monoisotopic (exact) mass is 312 g/mol. The van der Waals surface area contributed by atoms with Gasteiger partial charge in [-0.25, -0.2) is 0 Å². The molecule has 0 amide bonds. The van der Waals surface area contributed by atoms with Gasteiger partial charge in [-0.05, 0) is 27.2 Å². The van der Waals surface area contributed by atoms with Crippen LogP contribution in [0.2, 0.25) is 0 Å². The van der Waals surface area contributed by atoms with Crippen LogP contribution in [0.15, 0.2) is 22.8 Å². The predicted octanol–water partition coefficient (Wildman–Crippen LogP) is 2.33. The van der Waals surface area contributed by atoms with Gasteiger partial charge in [0.05, 0.1) is 11.6 Å². The number of aromatic nitrogens is 2. The maximum absolute atomic E-state index is 12.5. The van der Waals surface area contributed by atoms with Crippen molar-refractivity contribution in [2.24, 2.45) is 5.73 Å². The SMILES string of the molecule is CCn1nc(C)c([C@H]2C(C#N)=C(N)OC3=C2C(=O)CCC3)c1C. The molecule has 1 aromatic heterocycles. The highest BCUT2D eigenvalue weighted by Crippen LogP contribution is 2.45. The first-order chi connectivity index (χ1) is 11.0. The Bertz CT molecular complexity index is 792. The molecule has 23 heavy (non-hydrogen) atoms. The van der Waals surface area contributed by atoms with Crippen LogP contribution in [0.1, 0.15) is 49.1 Å². The van der Waals surface area contributed by atoms with E-state index in [-0.39, 0.29) is 11.7 Å². The molecule has 6 nitrogen and oxygen atoms in total. The minimum Gasteiger partial charge on any atom is -0.444 e. The van der Waals surface area contributed by atoms with Gasteiger partial charge < -0.3 is 10.5 Å². The Morgan fingerprint density at radius 1 is 1.43 bits per heavy atom. The maximum Gasteiger partial charge on any atom is 0.205 e. The number of nitriles is 1. The van der Waals surface area contributed by atoms with Crippen molar-refractivity contribution in [2.75, 3.05) is 0 Å². The fraction of sp³-hybridized carbons (Fsp3) is 0.471. The summed E-state index contributed by atoms with van der Waals surface area (Å²) in [6, 6.07) is 2.14. The number of Topliss-reactive ketones (excluding diaryl/α,β-unsaturated/α-hetero) is 1. The Labute approximate surface area is 135 Å². The number of allylic oxidation sites excluding steroid dienone is 3. The molecule has 0 aromatic carbocycles. The summed E-state index contributed by atoms with van der Waals surface area (Å²) >= 11 is 0. The smallest absolute Gasteiger partial charge is 0.205 e. The normalized spacial score (nSPS) is 21.1. The Kier molecular flexibility index (Phi) is 3.72. The van der Waals surface area contributed by atoms with Crippen molar-refractivity contribution in [3.63, 3.8) is 0 Å². The third-order valence-corrected chi connectivity index (χ3v) is 4.63. The van der Waals surface area contributed by atoms with Gasteiger partial charge in [0.1, 0.15) is 17.4 Å². The van der Waals surface area contributed by atoms with Gasteiger partial charge in [-0.15, -0.1) is 0 Å². The summed E-state index contributed by atoms with van der Waals surface area (Å²) in [6.07, 6.45) is 1.92. The van der Waals surface area contributed by atoms with Crippen LogP contribution in [0, 0.1) is 25.2 Å². The number of ketones is 1. The Balaban J connectivity index is 2.26. The molecule has 0 saturated carbocycles. The number of nitrogens with two attached hydrogens (primary N) is 1.